The number of rotatable bonds is 4. The van der Waals surface area contributed by atoms with Crippen LogP contribution in [0.25, 0.3) is 0 Å². The quantitative estimate of drug-likeness (QED) is 0.700. The molecule has 0 aliphatic rings. The van der Waals surface area contributed by atoms with Crippen LogP contribution in [0.2, 0.25) is 0 Å². The second kappa shape index (κ2) is 4.84. The maximum absolute atomic E-state index is 12.6. The number of carbonyl (C=O) groups is 1. The first-order valence-electron chi connectivity index (χ1n) is 4.40. The van der Waals surface area contributed by atoms with Crippen LogP contribution < -0.4 is 11.3 Å². The Balaban J connectivity index is 3.42. The number of nitrogens with two attached hydrogens (primary N) is 1. The lowest BCUT2D eigenvalue weighted by molar-refractivity contribution is -0.136. The molecule has 0 unspecified atom stereocenters. The predicted molar refractivity (Wildman–Crippen MR) is 51.3 cm³/mol. The van der Waals surface area contributed by atoms with Gasteiger partial charge in [-0.3, -0.25) is 9.59 Å². The van der Waals surface area contributed by atoms with E-state index in [0.717, 1.165) is 6.20 Å². The van der Waals surface area contributed by atoms with Crippen LogP contribution in [0.3, 0.4) is 0 Å². The highest BCUT2D eigenvalue weighted by atomic mass is 19.3. The van der Waals surface area contributed by atoms with Gasteiger partial charge in [0.15, 0.2) is 0 Å². The first-order valence-corrected chi connectivity index (χ1v) is 4.40. The standard InChI is InChI=1S/C9H10F2N2O3/c10-8(11)7-5(1-6(14)15)4(2-12)3-13-9(7)16/h3,8H,1-2,12H2,(H,13,16)(H,14,15). The molecule has 1 aromatic heterocycles. The number of hydrogen-bond acceptors (Lipinski definition) is 3. The van der Waals surface area contributed by atoms with Gasteiger partial charge in [-0.2, -0.15) is 0 Å². The molecule has 0 aliphatic heterocycles. The molecular weight excluding hydrogens is 222 g/mol. The van der Waals surface area contributed by atoms with Crippen molar-refractivity contribution in [1.82, 2.24) is 4.98 Å². The SMILES string of the molecule is NCc1c[nH]c(=O)c(C(F)F)c1CC(=O)O. The summed E-state index contributed by atoms with van der Waals surface area (Å²) < 4.78 is 25.2. The molecule has 7 heteroatoms. The Bertz CT molecular complexity index is 457. The van der Waals surface area contributed by atoms with Crippen LogP contribution >= 0.6 is 0 Å². The van der Waals surface area contributed by atoms with E-state index in [9.17, 15) is 18.4 Å². The lowest BCUT2D eigenvalue weighted by Gasteiger charge is -2.10. The Morgan fingerprint density at radius 1 is 1.56 bits per heavy atom. The number of H-pyrrole nitrogens is 1. The van der Waals surface area contributed by atoms with Gasteiger partial charge in [0, 0.05) is 12.7 Å². The van der Waals surface area contributed by atoms with Crippen LogP contribution in [-0.2, 0) is 17.8 Å². The Morgan fingerprint density at radius 3 is 2.62 bits per heavy atom. The number of aromatic amines is 1. The van der Waals surface area contributed by atoms with E-state index in [1.54, 1.807) is 0 Å². The van der Waals surface area contributed by atoms with Crippen LogP contribution in [0, 0.1) is 0 Å². The molecule has 0 atom stereocenters. The van der Waals surface area contributed by atoms with E-state index < -0.39 is 29.9 Å². The molecule has 0 fully saturated rings. The van der Waals surface area contributed by atoms with Crippen molar-refractivity contribution in [2.24, 2.45) is 5.73 Å². The minimum Gasteiger partial charge on any atom is -0.481 e. The maximum atomic E-state index is 12.6. The van der Waals surface area contributed by atoms with E-state index in [1.165, 1.54) is 0 Å². The smallest absolute Gasteiger partial charge is 0.307 e. The summed E-state index contributed by atoms with van der Waals surface area (Å²) in [5, 5.41) is 8.59. The van der Waals surface area contributed by atoms with Crippen molar-refractivity contribution in [1.29, 1.82) is 0 Å². The van der Waals surface area contributed by atoms with Crippen molar-refractivity contribution in [3.05, 3.63) is 33.2 Å². The number of aliphatic carboxylic acids is 1. The second-order valence-electron chi connectivity index (χ2n) is 3.11. The first kappa shape index (κ1) is 12.3. The summed E-state index contributed by atoms with van der Waals surface area (Å²) in [5.74, 6) is -1.29. The van der Waals surface area contributed by atoms with Crippen LogP contribution in [0.1, 0.15) is 23.1 Å². The number of halogens is 2. The largest absolute Gasteiger partial charge is 0.481 e. The summed E-state index contributed by atoms with van der Waals surface area (Å²) in [7, 11) is 0. The molecule has 1 heterocycles. The highest BCUT2D eigenvalue weighted by Gasteiger charge is 2.21. The third kappa shape index (κ3) is 2.43. The number of aromatic nitrogens is 1. The van der Waals surface area contributed by atoms with Gasteiger partial charge in [0.05, 0.1) is 12.0 Å². The van der Waals surface area contributed by atoms with Crippen molar-refractivity contribution < 1.29 is 18.7 Å². The Labute approximate surface area is 88.9 Å². The Hall–Kier alpha value is -1.76. The molecule has 0 amide bonds. The van der Waals surface area contributed by atoms with Crippen LogP contribution in [0.15, 0.2) is 11.0 Å². The van der Waals surface area contributed by atoms with Crippen molar-refractivity contribution in [3.8, 4) is 0 Å². The Kier molecular flexibility index (Phi) is 3.73. The van der Waals surface area contributed by atoms with Gasteiger partial charge in [-0.25, -0.2) is 8.78 Å². The summed E-state index contributed by atoms with van der Waals surface area (Å²) >= 11 is 0. The van der Waals surface area contributed by atoms with Gasteiger partial charge in [-0.05, 0) is 11.1 Å². The number of nitrogens with one attached hydrogen (secondary N) is 1. The zero-order valence-corrected chi connectivity index (χ0v) is 8.17. The molecule has 0 aromatic carbocycles. The molecule has 0 bridgehead atoms. The minimum absolute atomic E-state index is 0.112. The van der Waals surface area contributed by atoms with E-state index in [2.05, 4.69) is 4.98 Å². The number of carboxylic acids is 1. The first-order chi connectivity index (χ1) is 7.47. The van der Waals surface area contributed by atoms with E-state index in [1.807, 2.05) is 0 Å². The van der Waals surface area contributed by atoms with E-state index in [0.29, 0.717) is 0 Å². The highest BCUT2D eigenvalue weighted by Crippen LogP contribution is 2.22. The molecule has 88 valence electrons. The highest BCUT2D eigenvalue weighted by molar-refractivity contribution is 5.71. The van der Waals surface area contributed by atoms with Gasteiger partial charge in [0.25, 0.3) is 12.0 Å². The fraction of sp³-hybridized carbons (Fsp3) is 0.333. The van der Waals surface area contributed by atoms with Gasteiger partial charge in [-0.1, -0.05) is 0 Å². The van der Waals surface area contributed by atoms with E-state index in [4.69, 9.17) is 10.8 Å². The monoisotopic (exact) mass is 232 g/mol. The molecule has 1 aromatic rings. The van der Waals surface area contributed by atoms with Gasteiger partial charge >= 0.3 is 5.97 Å². The molecular formula is C9H10F2N2O3. The molecule has 0 spiro atoms. The van der Waals surface area contributed by atoms with E-state index >= 15 is 0 Å². The van der Waals surface area contributed by atoms with Crippen LogP contribution in [0.4, 0.5) is 8.78 Å². The number of hydrogen-bond donors (Lipinski definition) is 3. The second-order valence-corrected chi connectivity index (χ2v) is 3.11. The topological polar surface area (TPSA) is 96.2 Å². The van der Waals surface area contributed by atoms with Gasteiger partial charge < -0.3 is 15.8 Å². The van der Waals surface area contributed by atoms with Crippen molar-refractivity contribution in [3.63, 3.8) is 0 Å². The number of carboxylic acid groups (broad SMARTS) is 1. The van der Waals surface area contributed by atoms with Crippen molar-refractivity contribution >= 4 is 5.97 Å². The molecule has 16 heavy (non-hydrogen) atoms. The molecule has 0 radical (unpaired) electrons. The maximum Gasteiger partial charge on any atom is 0.307 e. The zero-order valence-electron chi connectivity index (χ0n) is 8.17. The van der Waals surface area contributed by atoms with Crippen LogP contribution in [-0.4, -0.2) is 16.1 Å². The fourth-order valence-electron chi connectivity index (χ4n) is 1.40. The minimum atomic E-state index is -3.02. The lowest BCUT2D eigenvalue weighted by atomic mass is 10.0. The average molecular weight is 232 g/mol. The Morgan fingerprint density at radius 2 is 2.19 bits per heavy atom. The normalized spacial score (nSPS) is 10.8. The molecule has 0 aliphatic carbocycles. The number of alkyl halides is 2. The summed E-state index contributed by atoms with van der Waals surface area (Å²) in [4.78, 5) is 23.8. The summed E-state index contributed by atoms with van der Waals surface area (Å²) in [6.07, 6.45) is -2.51. The van der Waals surface area contributed by atoms with Crippen molar-refractivity contribution in [2.45, 2.75) is 19.4 Å². The molecule has 5 nitrogen and oxygen atoms in total. The van der Waals surface area contributed by atoms with Crippen LogP contribution in [0.5, 0.6) is 0 Å². The van der Waals surface area contributed by atoms with Crippen molar-refractivity contribution in [2.75, 3.05) is 0 Å². The number of pyridine rings is 1. The van der Waals surface area contributed by atoms with E-state index in [-0.39, 0.29) is 17.7 Å². The summed E-state index contributed by atoms with van der Waals surface area (Å²) in [6, 6.07) is 0. The average Bonchev–Trinajstić information content (AvgIpc) is 2.16. The van der Waals surface area contributed by atoms with Gasteiger partial charge in [0.2, 0.25) is 0 Å². The summed E-state index contributed by atoms with van der Waals surface area (Å²) in [6.45, 7) is -0.112. The lowest BCUT2D eigenvalue weighted by Crippen LogP contribution is -2.21. The third-order valence-corrected chi connectivity index (χ3v) is 2.10. The predicted octanol–water partition coefficient (Wildman–Crippen LogP) is 0.398. The molecule has 0 saturated carbocycles. The molecule has 1 rings (SSSR count). The van der Waals surface area contributed by atoms with Gasteiger partial charge in [-0.15, -0.1) is 0 Å². The molecule has 4 N–H and O–H groups in total. The zero-order chi connectivity index (χ0) is 12.3. The third-order valence-electron chi connectivity index (χ3n) is 2.10. The van der Waals surface area contributed by atoms with Gasteiger partial charge in [0.1, 0.15) is 0 Å². The molecule has 0 saturated heterocycles. The fourth-order valence-corrected chi connectivity index (χ4v) is 1.40. The summed E-state index contributed by atoms with van der Waals surface area (Å²) in [5.41, 5.74) is 3.49.